The molecule has 1 unspecified atom stereocenters. The second kappa shape index (κ2) is 8.74. The summed E-state index contributed by atoms with van der Waals surface area (Å²) in [6.45, 7) is 2.89. The lowest BCUT2D eigenvalue weighted by atomic mass is 10.2. The van der Waals surface area contributed by atoms with Crippen LogP contribution in [0.1, 0.15) is 19.8 Å². The molecule has 0 saturated carbocycles. The minimum atomic E-state index is -3.82. The van der Waals surface area contributed by atoms with Gasteiger partial charge in [0.1, 0.15) is 11.8 Å². The Kier molecular flexibility index (Phi) is 6.20. The van der Waals surface area contributed by atoms with Crippen molar-refractivity contribution >= 4 is 49.1 Å². The van der Waals surface area contributed by atoms with E-state index in [-0.39, 0.29) is 11.4 Å². The molecule has 4 rings (SSSR count). The van der Waals surface area contributed by atoms with Crippen molar-refractivity contribution < 1.29 is 17.9 Å². The molecule has 10 heteroatoms. The molecule has 3 aromatic rings. The highest BCUT2D eigenvalue weighted by molar-refractivity contribution is 7.89. The van der Waals surface area contributed by atoms with E-state index in [1.807, 2.05) is 23.6 Å². The van der Waals surface area contributed by atoms with Crippen molar-refractivity contribution in [1.29, 1.82) is 0 Å². The average molecular weight is 480 g/mol. The van der Waals surface area contributed by atoms with Gasteiger partial charge in [0, 0.05) is 18.1 Å². The first-order chi connectivity index (χ1) is 14.8. The Hall–Kier alpha value is -2.20. The molecule has 0 spiro atoms. The van der Waals surface area contributed by atoms with Gasteiger partial charge in [-0.05, 0) is 62.2 Å². The summed E-state index contributed by atoms with van der Waals surface area (Å²) in [6.07, 6.45) is 1.05. The van der Waals surface area contributed by atoms with Gasteiger partial charge >= 0.3 is 0 Å². The Balaban J connectivity index is 1.69. The second-order valence-electron chi connectivity index (χ2n) is 7.14. The fourth-order valence-corrected chi connectivity index (χ4v) is 6.79. The number of hydrogen-bond acceptors (Lipinski definition) is 5. The molecule has 1 aliphatic heterocycles. The predicted molar refractivity (Wildman–Crippen MR) is 121 cm³/mol. The monoisotopic (exact) mass is 479 g/mol. The highest BCUT2D eigenvalue weighted by Gasteiger charge is 2.39. The number of ether oxygens (including phenoxy) is 1. The van der Waals surface area contributed by atoms with E-state index in [4.69, 9.17) is 16.3 Å². The van der Waals surface area contributed by atoms with Gasteiger partial charge < -0.3 is 9.30 Å². The molecule has 0 N–H and O–H groups in total. The third kappa shape index (κ3) is 4.15. The molecule has 31 heavy (non-hydrogen) atoms. The number of benzene rings is 2. The fourth-order valence-electron chi connectivity index (χ4n) is 3.76. The van der Waals surface area contributed by atoms with Crippen molar-refractivity contribution in [3.05, 3.63) is 52.3 Å². The SMILES string of the molecule is CCn1c(=NC(=O)C2CCCN2S(=O)(=O)c2ccc(OC)cc2)sc2cc(Cl)ccc21. The van der Waals surface area contributed by atoms with Gasteiger partial charge in [0.15, 0.2) is 4.80 Å². The Morgan fingerprint density at radius 3 is 2.68 bits per heavy atom. The summed E-state index contributed by atoms with van der Waals surface area (Å²) in [5.74, 6) is 0.117. The zero-order valence-corrected chi connectivity index (χ0v) is 19.5. The van der Waals surface area contributed by atoms with Crippen molar-refractivity contribution in [2.75, 3.05) is 13.7 Å². The molecule has 0 bridgehead atoms. The maximum Gasteiger partial charge on any atom is 0.266 e. The van der Waals surface area contributed by atoms with Crippen LogP contribution in [-0.4, -0.2) is 42.9 Å². The van der Waals surface area contributed by atoms with Crippen LogP contribution in [0.15, 0.2) is 52.4 Å². The van der Waals surface area contributed by atoms with E-state index in [1.165, 1.54) is 34.9 Å². The van der Waals surface area contributed by atoms with Gasteiger partial charge in [-0.25, -0.2) is 8.42 Å². The van der Waals surface area contributed by atoms with Crippen LogP contribution in [0.3, 0.4) is 0 Å². The van der Waals surface area contributed by atoms with E-state index in [2.05, 4.69) is 4.99 Å². The molecule has 1 atom stereocenters. The maximum atomic E-state index is 13.2. The van der Waals surface area contributed by atoms with Crippen LogP contribution in [0.4, 0.5) is 0 Å². The minimum Gasteiger partial charge on any atom is -0.497 e. The van der Waals surface area contributed by atoms with Crippen LogP contribution in [0, 0.1) is 0 Å². The molecular formula is C21H22ClN3O4S2. The third-order valence-corrected chi connectivity index (χ3v) is 8.52. The number of thiazole rings is 1. The van der Waals surface area contributed by atoms with E-state index >= 15 is 0 Å². The number of sulfonamides is 1. The van der Waals surface area contributed by atoms with Crippen LogP contribution in [0.5, 0.6) is 5.75 Å². The molecule has 1 fully saturated rings. The smallest absolute Gasteiger partial charge is 0.266 e. The van der Waals surface area contributed by atoms with E-state index in [0.29, 0.717) is 35.0 Å². The third-order valence-electron chi connectivity index (χ3n) is 5.32. The number of fused-ring (bicyclic) bond motifs is 1. The lowest BCUT2D eigenvalue weighted by Crippen LogP contribution is -2.40. The molecule has 2 heterocycles. The first-order valence-electron chi connectivity index (χ1n) is 9.88. The zero-order valence-electron chi connectivity index (χ0n) is 17.1. The predicted octanol–water partition coefficient (Wildman–Crippen LogP) is 3.67. The quantitative estimate of drug-likeness (QED) is 0.559. The summed E-state index contributed by atoms with van der Waals surface area (Å²) in [5, 5.41) is 0.613. The van der Waals surface area contributed by atoms with Gasteiger partial charge in [-0.15, -0.1) is 0 Å². The number of nitrogens with zero attached hydrogens (tertiary/aromatic N) is 3. The topological polar surface area (TPSA) is 81.0 Å². The Morgan fingerprint density at radius 2 is 2.00 bits per heavy atom. The van der Waals surface area contributed by atoms with Crippen LogP contribution in [-0.2, 0) is 21.4 Å². The highest BCUT2D eigenvalue weighted by Crippen LogP contribution is 2.28. The molecule has 164 valence electrons. The minimum absolute atomic E-state index is 0.133. The molecule has 1 aliphatic rings. The maximum absolute atomic E-state index is 13.2. The van der Waals surface area contributed by atoms with Crippen LogP contribution >= 0.6 is 22.9 Å². The molecular weight excluding hydrogens is 458 g/mol. The molecule has 1 amide bonds. The summed E-state index contributed by atoms with van der Waals surface area (Å²) >= 11 is 7.47. The Labute approximate surface area is 189 Å². The van der Waals surface area contributed by atoms with Crippen LogP contribution < -0.4 is 9.54 Å². The molecule has 7 nitrogen and oxygen atoms in total. The van der Waals surface area contributed by atoms with Crippen LogP contribution in [0.25, 0.3) is 10.2 Å². The summed E-state index contributed by atoms with van der Waals surface area (Å²) in [5.41, 5.74) is 0.942. The van der Waals surface area contributed by atoms with Gasteiger partial charge in [0.2, 0.25) is 10.0 Å². The molecule has 1 saturated heterocycles. The summed E-state index contributed by atoms with van der Waals surface area (Å²) in [4.78, 5) is 18.1. The van der Waals surface area contributed by atoms with Crippen molar-refractivity contribution in [3.8, 4) is 5.75 Å². The largest absolute Gasteiger partial charge is 0.497 e. The number of carbonyl (C=O) groups is 1. The van der Waals surface area contributed by atoms with Crippen molar-refractivity contribution in [3.63, 3.8) is 0 Å². The lowest BCUT2D eigenvalue weighted by Gasteiger charge is -2.21. The van der Waals surface area contributed by atoms with Gasteiger partial charge in [-0.2, -0.15) is 9.30 Å². The van der Waals surface area contributed by atoms with Crippen LogP contribution in [0.2, 0.25) is 5.02 Å². The molecule has 1 aromatic heterocycles. The standard InChI is InChI=1S/C21H22ClN3O4S2/c1-3-24-17-11-6-14(22)13-19(17)30-21(24)23-20(26)18-5-4-12-25(18)31(27,28)16-9-7-15(29-2)8-10-16/h6-11,13,18H,3-5,12H2,1-2H3. The zero-order chi connectivity index (χ0) is 22.2. The van der Waals surface area contributed by atoms with E-state index in [1.54, 1.807) is 18.2 Å². The van der Waals surface area contributed by atoms with Crippen molar-refractivity contribution in [2.24, 2.45) is 4.99 Å². The average Bonchev–Trinajstić information content (AvgIpc) is 3.38. The summed E-state index contributed by atoms with van der Waals surface area (Å²) in [7, 11) is -2.30. The highest BCUT2D eigenvalue weighted by atomic mass is 35.5. The van der Waals surface area contributed by atoms with E-state index < -0.39 is 22.0 Å². The first-order valence-corrected chi connectivity index (χ1v) is 12.5. The van der Waals surface area contributed by atoms with E-state index in [9.17, 15) is 13.2 Å². The number of rotatable bonds is 5. The molecule has 0 aliphatic carbocycles. The van der Waals surface area contributed by atoms with Gasteiger partial charge in [0.25, 0.3) is 5.91 Å². The number of aryl methyl sites for hydroxylation is 1. The Morgan fingerprint density at radius 1 is 1.26 bits per heavy atom. The number of hydrogen-bond donors (Lipinski definition) is 0. The van der Waals surface area contributed by atoms with Crippen molar-refractivity contribution in [1.82, 2.24) is 8.87 Å². The molecule has 0 radical (unpaired) electrons. The first kappa shape index (κ1) is 22.0. The van der Waals surface area contributed by atoms with Gasteiger partial charge in [-0.1, -0.05) is 22.9 Å². The van der Waals surface area contributed by atoms with Gasteiger partial charge in [-0.3, -0.25) is 4.79 Å². The number of carbonyl (C=O) groups excluding carboxylic acids is 1. The number of methoxy groups -OCH3 is 1. The molecule has 2 aromatic carbocycles. The number of amides is 1. The second-order valence-corrected chi connectivity index (χ2v) is 10.5. The number of aromatic nitrogens is 1. The normalized spacial score (nSPS) is 18.0. The van der Waals surface area contributed by atoms with Crippen molar-refractivity contribution in [2.45, 2.75) is 37.2 Å². The lowest BCUT2D eigenvalue weighted by molar-refractivity contribution is -0.121. The van der Waals surface area contributed by atoms with E-state index in [0.717, 1.165) is 10.2 Å². The Bertz CT molecular complexity index is 1300. The fraction of sp³-hybridized carbons (Fsp3) is 0.333. The summed E-state index contributed by atoms with van der Waals surface area (Å²) in [6, 6.07) is 10.9. The van der Waals surface area contributed by atoms with Gasteiger partial charge in [0.05, 0.1) is 22.2 Å². The summed E-state index contributed by atoms with van der Waals surface area (Å²) < 4.78 is 35.6. The number of halogens is 1.